The third-order valence-electron chi connectivity index (χ3n) is 2.49. The summed E-state index contributed by atoms with van der Waals surface area (Å²) in [7, 11) is 0. The van der Waals surface area contributed by atoms with Gasteiger partial charge < -0.3 is 45.3 Å². The third kappa shape index (κ3) is 5.09. The summed E-state index contributed by atoms with van der Waals surface area (Å²) >= 11 is 0. The van der Waals surface area contributed by atoms with Crippen LogP contribution in [-0.2, 0) is 14.3 Å². The number of aliphatic hydroxyl groups excluding tert-OH is 6. The van der Waals surface area contributed by atoms with Crippen LogP contribution in [-0.4, -0.2) is 97.8 Å². The smallest absolute Gasteiger partial charge is 0.335 e. The number of rotatable bonds is 10. The molecule has 0 aromatic carbocycles. The lowest BCUT2D eigenvalue weighted by Crippen LogP contribution is -2.51. The number of aliphatic hydroxyl groups is 6. The number of hydrogen-bond acceptors (Lipinski definition) is 9. The minimum absolute atomic E-state index is 0.0302. The minimum Gasteiger partial charge on any atom is -0.479 e. The first kappa shape index (κ1) is 18.9. The molecule has 0 bridgehead atoms. The number of carbonyl (C=O) groups is 2. The summed E-state index contributed by atoms with van der Waals surface area (Å²) in [5.74, 6) is -1.76. The van der Waals surface area contributed by atoms with E-state index in [1.54, 1.807) is 0 Å². The van der Waals surface area contributed by atoms with E-state index in [1.807, 2.05) is 0 Å². The quantitative estimate of drug-likeness (QED) is 0.194. The van der Waals surface area contributed by atoms with Gasteiger partial charge >= 0.3 is 5.97 Å². The molecule has 0 fully saturated rings. The van der Waals surface area contributed by atoms with Crippen molar-refractivity contribution in [1.29, 1.82) is 0 Å². The summed E-state index contributed by atoms with van der Waals surface area (Å²) in [4.78, 5) is 21.6. The highest BCUT2D eigenvalue weighted by atomic mass is 16.6. The molecule has 0 radical (unpaired) electrons. The topological polar surface area (TPSA) is 185 Å². The predicted molar refractivity (Wildman–Crippen MR) is 60.6 cm³/mol. The average molecular weight is 298 g/mol. The second-order valence-electron chi connectivity index (χ2n) is 3.98. The van der Waals surface area contributed by atoms with Gasteiger partial charge in [0.1, 0.15) is 30.5 Å². The maximum Gasteiger partial charge on any atom is 0.335 e. The molecule has 0 aliphatic heterocycles. The Kier molecular flexibility index (Phi) is 8.41. The number of carboxylic acid groups (broad SMARTS) is 1. The first-order valence-corrected chi connectivity index (χ1v) is 5.57. The maximum absolute atomic E-state index is 10.9. The van der Waals surface area contributed by atoms with Crippen molar-refractivity contribution in [2.75, 3.05) is 13.2 Å². The predicted octanol–water partition coefficient (Wildman–Crippen LogP) is -4.55. The first-order valence-electron chi connectivity index (χ1n) is 5.57. The lowest BCUT2D eigenvalue weighted by Gasteiger charge is -2.28. The highest BCUT2D eigenvalue weighted by Crippen LogP contribution is 2.11. The Morgan fingerprint density at radius 1 is 1.00 bits per heavy atom. The van der Waals surface area contributed by atoms with Crippen LogP contribution in [0.15, 0.2) is 0 Å². The van der Waals surface area contributed by atoms with Crippen LogP contribution >= 0.6 is 0 Å². The Balaban J connectivity index is 4.95. The Bertz CT molecular complexity index is 308. The SMILES string of the molecule is O=C[C@H](O[C@@H](C(=O)O)[C@H](O)[C@H](O)CO)[C@H](O)[C@H](O)CO. The van der Waals surface area contributed by atoms with Gasteiger partial charge in [0, 0.05) is 0 Å². The number of ether oxygens (including phenoxy) is 1. The van der Waals surface area contributed by atoms with Gasteiger partial charge in [0.15, 0.2) is 12.4 Å². The van der Waals surface area contributed by atoms with Crippen molar-refractivity contribution in [3.8, 4) is 0 Å². The molecule has 6 atom stereocenters. The van der Waals surface area contributed by atoms with Crippen molar-refractivity contribution in [3.63, 3.8) is 0 Å². The number of aldehydes is 1. The highest BCUT2D eigenvalue weighted by Gasteiger charge is 2.37. The summed E-state index contributed by atoms with van der Waals surface area (Å²) in [5.41, 5.74) is 0. The van der Waals surface area contributed by atoms with Crippen LogP contribution in [0.1, 0.15) is 0 Å². The number of carbonyl (C=O) groups excluding carboxylic acids is 1. The molecule has 7 N–H and O–H groups in total. The molecule has 0 rings (SSSR count). The van der Waals surface area contributed by atoms with Gasteiger partial charge in [0.25, 0.3) is 0 Å². The maximum atomic E-state index is 10.9. The molecule has 118 valence electrons. The van der Waals surface area contributed by atoms with Gasteiger partial charge in [-0.2, -0.15) is 0 Å². The normalized spacial score (nSPS) is 20.5. The second kappa shape index (κ2) is 8.92. The van der Waals surface area contributed by atoms with E-state index in [-0.39, 0.29) is 6.29 Å². The molecule has 10 nitrogen and oxygen atoms in total. The zero-order valence-electron chi connectivity index (χ0n) is 10.3. The zero-order chi connectivity index (χ0) is 15.9. The molecule has 0 aromatic heterocycles. The zero-order valence-corrected chi connectivity index (χ0v) is 10.3. The largest absolute Gasteiger partial charge is 0.479 e. The van der Waals surface area contributed by atoms with E-state index in [9.17, 15) is 19.8 Å². The second-order valence-corrected chi connectivity index (χ2v) is 3.98. The number of hydrogen-bond donors (Lipinski definition) is 7. The summed E-state index contributed by atoms with van der Waals surface area (Å²) in [5, 5.41) is 63.2. The lowest BCUT2D eigenvalue weighted by atomic mass is 10.1. The van der Waals surface area contributed by atoms with Crippen LogP contribution in [0.2, 0.25) is 0 Å². The van der Waals surface area contributed by atoms with Crippen molar-refractivity contribution in [1.82, 2.24) is 0 Å². The van der Waals surface area contributed by atoms with Gasteiger partial charge in [-0.15, -0.1) is 0 Å². The third-order valence-corrected chi connectivity index (χ3v) is 2.49. The molecule has 20 heavy (non-hydrogen) atoms. The summed E-state index contributed by atoms with van der Waals surface area (Å²) in [6.45, 7) is -1.86. The van der Waals surface area contributed by atoms with Crippen LogP contribution in [0, 0.1) is 0 Å². The molecular formula is C10H18O10. The Labute approximate surface area is 113 Å². The van der Waals surface area contributed by atoms with Crippen molar-refractivity contribution in [3.05, 3.63) is 0 Å². The summed E-state index contributed by atoms with van der Waals surface area (Å²) in [6.07, 6.45) is -11.6. The standard InChI is InChI=1S/C10H18O10/c11-1-4(14)7(16)6(3-13)20-9(10(18)19)8(17)5(15)2-12/h3-9,11-12,14-17H,1-2H2,(H,18,19)/t4-,5-,6+,7-,8-,9-/m1/s1. The molecular weight excluding hydrogens is 280 g/mol. The highest BCUT2D eigenvalue weighted by molar-refractivity contribution is 5.73. The van der Waals surface area contributed by atoms with E-state index in [4.69, 9.17) is 25.5 Å². The molecule has 0 heterocycles. The Morgan fingerprint density at radius 2 is 1.45 bits per heavy atom. The van der Waals surface area contributed by atoms with Gasteiger partial charge in [-0.1, -0.05) is 0 Å². The van der Waals surface area contributed by atoms with E-state index in [2.05, 4.69) is 4.74 Å². The van der Waals surface area contributed by atoms with Crippen LogP contribution in [0.4, 0.5) is 0 Å². The Hall–Kier alpha value is -1.14. The van der Waals surface area contributed by atoms with Crippen molar-refractivity contribution in [2.45, 2.75) is 36.6 Å². The van der Waals surface area contributed by atoms with Crippen molar-refractivity contribution >= 4 is 12.3 Å². The molecule has 0 saturated carbocycles. The van der Waals surface area contributed by atoms with E-state index in [1.165, 1.54) is 0 Å². The van der Waals surface area contributed by atoms with Crippen molar-refractivity contribution < 1.29 is 50.1 Å². The van der Waals surface area contributed by atoms with E-state index < -0.39 is 55.8 Å². The van der Waals surface area contributed by atoms with Crippen molar-refractivity contribution in [2.24, 2.45) is 0 Å². The van der Waals surface area contributed by atoms with Gasteiger partial charge in [0.05, 0.1) is 13.2 Å². The monoisotopic (exact) mass is 298 g/mol. The fourth-order valence-electron chi connectivity index (χ4n) is 1.28. The van der Waals surface area contributed by atoms with Gasteiger partial charge in [-0.05, 0) is 0 Å². The molecule has 0 spiro atoms. The van der Waals surface area contributed by atoms with E-state index >= 15 is 0 Å². The lowest BCUT2D eigenvalue weighted by molar-refractivity contribution is -0.187. The molecule has 0 aliphatic rings. The fourth-order valence-corrected chi connectivity index (χ4v) is 1.28. The van der Waals surface area contributed by atoms with E-state index in [0.717, 1.165) is 0 Å². The Morgan fingerprint density at radius 3 is 1.80 bits per heavy atom. The van der Waals surface area contributed by atoms with Crippen LogP contribution in [0.3, 0.4) is 0 Å². The molecule has 0 aromatic rings. The van der Waals surface area contributed by atoms with Gasteiger partial charge in [-0.3, -0.25) is 0 Å². The van der Waals surface area contributed by atoms with Crippen LogP contribution in [0.5, 0.6) is 0 Å². The molecule has 0 aliphatic carbocycles. The summed E-state index contributed by atoms with van der Waals surface area (Å²) < 4.78 is 4.62. The molecule has 10 heteroatoms. The van der Waals surface area contributed by atoms with Crippen LogP contribution < -0.4 is 0 Å². The van der Waals surface area contributed by atoms with Gasteiger partial charge in [0.2, 0.25) is 0 Å². The fraction of sp³-hybridized carbons (Fsp3) is 0.800. The first-order chi connectivity index (χ1) is 9.29. The van der Waals surface area contributed by atoms with Gasteiger partial charge in [-0.25, -0.2) is 4.79 Å². The van der Waals surface area contributed by atoms with E-state index in [0.29, 0.717) is 0 Å². The average Bonchev–Trinajstić information content (AvgIpc) is 2.44. The minimum atomic E-state index is -2.13. The molecule has 0 unspecified atom stereocenters. The summed E-state index contributed by atoms with van der Waals surface area (Å²) in [6, 6.07) is 0. The number of aliphatic carboxylic acids is 1. The molecule has 0 amide bonds. The van der Waals surface area contributed by atoms with Crippen LogP contribution in [0.25, 0.3) is 0 Å². The number of carboxylic acids is 1. The molecule has 0 saturated heterocycles.